The van der Waals surface area contributed by atoms with Gasteiger partial charge in [-0.25, -0.2) is 15.8 Å². The number of rotatable bonds is 5. The lowest BCUT2D eigenvalue weighted by molar-refractivity contribution is 0.742. The predicted molar refractivity (Wildman–Crippen MR) is 62.6 cm³/mol. The summed E-state index contributed by atoms with van der Waals surface area (Å²) in [5.74, 6) is 7.08. The zero-order valence-corrected chi connectivity index (χ0v) is 9.80. The van der Waals surface area contributed by atoms with Crippen molar-refractivity contribution in [2.24, 2.45) is 5.84 Å². The third kappa shape index (κ3) is 2.89. The standard InChI is InChI=1S/C11H20N4/c1-4-6-7-10-13-9(5-2)8(3)11(14-10)15-12/h4-7,12H2,1-3H3,(H,13,14,15). The van der Waals surface area contributed by atoms with E-state index < -0.39 is 0 Å². The van der Waals surface area contributed by atoms with E-state index in [1.54, 1.807) is 0 Å². The normalized spacial score (nSPS) is 10.4. The van der Waals surface area contributed by atoms with Crippen LogP contribution in [0.3, 0.4) is 0 Å². The molecule has 1 rings (SSSR count). The molecule has 1 aromatic heterocycles. The predicted octanol–water partition coefficient (Wildman–Crippen LogP) is 1.98. The maximum Gasteiger partial charge on any atom is 0.146 e. The van der Waals surface area contributed by atoms with Crippen LogP contribution in [0.5, 0.6) is 0 Å². The number of nitrogen functional groups attached to an aromatic ring is 1. The molecule has 1 aromatic rings. The van der Waals surface area contributed by atoms with Gasteiger partial charge in [-0.05, 0) is 19.8 Å². The molecule has 0 spiro atoms. The van der Waals surface area contributed by atoms with E-state index in [1.807, 2.05) is 6.92 Å². The summed E-state index contributed by atoms with van der Waals surface area (Å²) in [6, 6.07) is 0. The fourth-order valence-corrected chi connectivity index (χ4v) is 1.55. The Morgan fingerprint density at radius 2 is 2.00 bits per heavy atom. The fourth-order valence-electron chi connectivity index (χ4n) is 1.55. The molecule has 1 heterocycles. The van der Waals surface area contributed by atoms with Crippen LogP contribution < -0.4 is 11.3 Å². The van der Waals surface area contributed by atoms with Crippen molar-refractivity contribution in [1.29, 1.82) is 0 Å². The van der Waals surface area contributed by atoms with E-state index in [0.29, 0.717) is 0 Å². The SMILES string of the molecule is CCCCc1nc(CC)c(C)c(NN)n1. The summed E-state index contributed by atoms with van der Waals surface area (Å²) in [6.45, 7) is 6.26. The molecule has 0 fully saturated rings. The lowest BCUT2D eigenvalue weighted by Gasteiger charge is -2.10. The van der Waals surface area contributed by atoms with E-state index in [1.165, 1.54) is 0 Å². The summed E-state index contributed by atoms with van der Waals surface area (Å²) in [4.78, 5) is 8.92. The summed E-state index contributed by atoms with van der Waals surface area (Å²) in [5.41, 5.74) is 4.78. The van der Waals surface area contributed by atoms with Gasteiger partial charge in [0.25, 0.3) is 0 Å². The number of hydrogen-bond acceptors (Lipinski definition) is 4. The molecule has 0 aliphatic rings. The number of nitrogens with zero attached hydrogens (tertiary/aromatic N) is 2. The Morgan fingerprint density at radius 3 is 2.53 bits per heavy atom. The van der Waals surface area contributed by atoms with Crippen LogP contribution in [0.2, 0.25) is 0 Å². The Hall–Kier alpha value is -1.16. The molecule has 0 unspecified atom stereocenters. The first-order valence-corrected chi connectivity index (χ1v) is 5.55. The van der Waals surface area contributed by atoms with Crippen molar-refractivity contribution in [3.63, 3.8) is 0 Å². The van der Waals surface area contributed by atoms with Gasteiger partial charge in [-0.3, -0.25) is 0 Å². The molecule has 0 saturated heterocycles. The molecule has 84 valence electrons. The molecule has 0 aliphatic carbocycles. The van der Waals surface area contributed by atoms with Gasteiger partial charge >= 0.3 is 0 Å². The van der Waals surface area contributed by atoms with E-state index in [4.69, 9.17) is 5.84 Å². The van der Waals surface area contributed by atoms with Gasteiger partial charge in [-0.1, -0.05) is 20.3 Å². The summed E-state index contributed by atoms with van der Waals surface area (Å²) < 4.78 is 0. The average Bonchev–Trinajstić information content (AvgIpc) is 2.27. The van der Waals surface area contributed by atoms with Gasteiger partial charge in [0.05, 0.1) is 0 Å². The van der Waals surface area contributed by atoms with Crippen molar-refractivity contribution in [1.82, 2.24) is 9.97 Å². The highest BCUT2D eigenvalue weighted by Gasteiger charge is 2.08. The zero-order valence-electron chi connectivity index (χ0n) is 9.80. The molecule has 4 heteroatoms. The number of hydrazine groups is 1. The monoisotopic (exact) mass is 208 g/mol. The Kier molecular flexibility index (Phi) is 4.49. The maximum atomic E-state index is 5.43. The van der Waals surface area contributed by atoms with E-state index >= 15 is 0 Å². The summed E-state index contributed by atoms with van der Waals surface area (Å²) >= 11 is 0. The number of anilines is 1. The largest absolute Gasteiger partial charge is 0.308 e. The maximum absolute atomic E-state index is 5.43. The molecule has 0 radical (unpaired) electrons. The van der Waals surface area contributed by atoms with E-state index in [2.05, 4.69) is 29.2 Å². The van der Waals surface area contributed by atoms with Crippen molar-refractivity contribution < 1.29 is 0 Å². The van der Waals surface area contributed by atoms with Crippen molar-refractivity contribution in [2.75, 3.05) is 5.43 Å². The number of nitrogens with two attached hydrogens (primary N) is 1. The average molecular weight is 208 g/mol. The van der Waals surface area contributed by atoms with Gasteiger partial charge < -0.3 is 5.43 Å². The summed E-state index contributed by atoms with van der Waals surface area (Å²) in [6.07, 6.45) is 4.13. The molecule has 3 N–H and O–H groups in total. The van der Waals surface area contributed by atoms with Crippen molar-refractivity contribution in [3.05, 3.63) is 17.1 Å². The second-order valence-electron chi connectivity index (χ2n) is 3.66. The highest BCUT2D eigenvalue weighted by Crippen LogP contribution is 2.15. The van der Waals surface area contributed by atoms with E-state index in [-0.39, 0.29) is 0 Å². The van der Waals surface area contributed by atoms with Crippen molar-refractivity contribution >= 4 is 5.82 Å². The van der Waals surface area contributed by atoms with Crippen LogP contribution in [0.1, 0.15) is 43.8 Å². The molecule has 0 atom stereocenters. The second-order valence-corrected chi connectivity index (χ2v) is 3.66. The molecular weight excluding hydrogens is 188 g/mol. The first-order valence-electron chi connectivity index (χ1n) is 5.55. The van der Waals surface area contributed by atoms with Gasteiger partial charge in [0.15, 0.2) is 0 Å². The molecule has 0 aromatic carbocycles. The van der Waals surface area contributed by atoms with Crippen molar-refractivity contribution in [2.45, 2.75) is 46.5 Å². The Bertz CT molecular complexity index is 297. The topological polar surface area (TPSA) is 63.8 Å². The number of aromatic nitrogens is 2. The van der Waals surface area contributed by atoms with Gasteiger partial charge in [0.2, 0.25) is 0 Å². The summed E-state index contributed by atoms with van der Waals surface area (Å²) in [7, 11) is 0. The number of nitrogens with one attached hydrogen (secondary N) is 1. The van der Waals surface area contributed by atoms with Crippen LogP contribution in [-0.2, 0) is 12.8 Å². The molecule has 0 bridgehead atoms. The second kappa shape index (κ2) is 5.66. The lowest BCUT2D eigenvalue weighted by Crippen LogP contribution is -2.14. The number of hydrogen-bond donors (Lipinski definition) is 2. The van der Waals surface area contributed by atoms with Crippen molar-refractivity contribution in [3.8, 4) is 0 Å². The fraction of sp³-hybridized carbons (Fsp3) is 0.636. The minimum atomic E-state index is 0.757. The highest BCUT2D eigenvalue weighted by atomic mass is 15.3. The molecule has 4 nitrogen and oxygen atoms in total. The minimum Gasteiger partial charge on any atom is -0.308 e. The molecule has 15 heavy (non-hydrogen) atoms. The van der Waals surface area contributed by atoms with Crippen LogP contribution in [0.25, 0.3) is 0 Å². The molecule has 0 aliphatic heterocycles. The highest BCUT2D eigenvalue weighted by molar-refractivity contribution is 5.44. The smallest absolute Gasteiger partial charge is 0.146 e. The van der Waals surface area contributed by atoms with Crippen LogP contribution >= 0.6 is 0 Å². The number of unbranched alkanes of at least 4 members (excludes halogenated alkanes) is 1. The number of aryl methyl sites for hydroxylation is 2. The van der Waals surface area contributed by atoms with E-state index in [0.717, 1.165) is 48.6 Å². The van der Waals surface area contributed by atoms with Crippen LogP contribution in [0, 0.1) is 6.92 Å². The van der Waals surface area contributed by atoms with Crippen LogP contribution in [0.4, 0.5) is 5.82 Å². The lowest BCUT2D eigenvalue weighted by atomic mass is 10.1. The van der Waals surface area contributed by atoms with Crippen LogP contribution in [-0.4, -0.2) is 9.97 Å². The van der Waals surface area contributed by atoms with Crippen LogP contribution in [0.15, 0.2) is 0 Å². The first kappa shape index (κ1) is 11.9. The van der Waals surface area contributed by atoms with Gasteiger partial charge in [-0.2, -0.15) is 0 Å². The first-order chi connectivity index (χ1) is 7.22. The van der Waals surface area contributed by atoms with Gasteiger partial charge in [0.1, 0.15) is 11.6 Å². The third-order valence-electron chi connectivity index (χ3n) is 2.52. The van der Waals surface area contributed by atoms with Gasteiger partial charge in [-0.15, -0.1) is 0 Å². The van der Waals surface area contributed by atoms with E-state index in [9.17, 15) is 0 Å². The molecule has 0 amide bonds. The molecular formula is C11H20N4. The Balaban J connectivity index is 2.98. The quantitative estimate of drug-likeness (QED) is 0.573. The molecule has 0 saturated carbocycles. The zero-order chi connectivity index (χ0) is 11.3. The van der Waals surface area contributed by atoms with Gasteiger partial charge in [0, 0.05) is 17.7 Å². The minimum absolute atomic E-state index is 0.757. The Labute approximate surface area is 91.3 Å². The Morgan fingerprint density at radius 1 is 1.27 bits per heavy atom. The third-order valence-corrected chi connectivity index (χ3v) is 2.52. The summed E-state index contributed by atoms with van der Waals surface area (Å²) in [5, 5.41) is 0.